The van der Waals surface area contributed by atoms with E-state index in [1.807, 2.05) is 0 Å². The van der Waals surface area contributed by atoms with Crippen LogP contribution in [0.1, 0.15) is 32.1 Å². The molecule has 0 aromatic carbocycles. The first-order valence-corrected chi connectivity index (χ1v) is 5.89. The molecule has 0 aliphatic heterocycles. The number of methoxy groups -OCH3 is 1. The summed E-state index contributed by atoms with van der Waals surface area (Å²) in [7, 11) is 1.68. The fraction of sp³-hybridized carbons (Fsp3) is 1.00. The molecule has 1 fully saturated rings. The van der Waals surface area contributed by atoms with Crippen LogP contribution in [0.5, 0.6) is 0 Å². The number of hydrogen-bond acceptors (Lipinski definition) is 4. The van der Waals surface area contributed by atoms with Gasteiger partial charge >= 0.3 is 0 Å². The topological polar surface area (TPSA) is 56.5 Å². The molecule has 4 heteroatoms. The maximum Gasteiger partial charge on any atom is 0.0701 e. The van der Waals surface area contributed by atoms with Gasteiger partial charge in [-0.15, -0.1) is 0 Å². The minimum atomic E-state index is 0.296. The van der Waals surface area contributed by atoms with Gasteiger partial charge in [-0.2, -0.15) is 0 Å². The lowest BCUT2D eigenvalue weighted by Gasteiger charge is -2.19. The molecule has 0 heterocycles. The van der Waals surface area contributed by atoms with E-state index in [2.05, 4.69) is 5.43 Å². The largest absolute Gasteiger partial charge is 0.382 e. The van der Waals surface area contributed by atoms with Crippen molar-refractivity contribution in [1.82, 2.24) is 5.43 Å². The molecule has 1 atom stereocenters. The highest BCUT2D eigenvalue weighted by atomic mass is 16.5. The van der Waals surface area contributed by atoms with Crippen LogP contribution in [0.3, 0.4) is 0 Å². The summed E-state index contributed by atoms with van der Waals surface area (Å²) >= 11 is 0. The van der Waals surface area contributed by atoms with Crippen molar-refractivity contribution in [2.45, 2.75) is 38.1 Å². The van der Waals surface area contributed by atoms with E-state index in [0.717, 1.165) is 12.3 Å². The van der Waals surface area contributed by atoms with E-state index in [0.29, 0.717) is 25.9 Å². The monoisotopic (exact) mass is 216 g/mol. The summed E-state index contributed by atoms with van der Waals surface area (Å²) in [6.07, 6.45) is 6.62. The van der Waals surface area contributed by atoms with E-state index in [-0.39, 0.29) is 0 Å². The first-order valence-electron chi connectivity index (χ1n) is 5.89. The third-order valence-corrected chi connectivity index (χ3v) is 3.08. The Morgan fingerprint density at radius 3 is 2.67 bits per heavy atom. The zero-order valence-electron chi connectivity index (χ0n) is 9.71. The Labute approximate surface area is 92.5 Å². The molecule has 0 amide bonds. The Balaban J connectivity index is 2.06. The zero-order valence-corrected chi connectivity index (χ0v) is 9.71. The fourth-order valence-electron chi connectivity index (χ4n) is 2.20. The maximum absolute atomic E-state index is 5.50. The van der Waals surface area contributed by atoms with E-state index >= 15 is 0 Å². The van der Waals surface area contributed by atoms with Gasteiger partial charge in [-0.1, -0.05) is 25.7 Å². The molecular weight excluding hydrogens is 192 g/mol. The summed E-state index contributed by atoms with van der Waals surface area (Å²) in [6, 6.07) is 0.296. The van der Waals surface area contributed by atoms with Gasteiger partial charge in [0.25, 0.3) is 0 Å². The van der Waals surface area contributed by atoms with Gasteiger partial charge in [0, 0.05) is 13.2 Å². The van der Waals surface area contributed by atoms with E-state index in [1.165, 1.54) is 25.7 Å². The van der Waals surface area contributed by atoms with Crippen LogP contribution >= 0.6 is 0 Å². The molecule has 1 aliphatic rings. The van der Waals surface area contributed by atoms with Crippen molar-refractivity contribution in [3.63, 3.8) is 0 Å². The van der Waals surface area contributed by atoms with Gasteiger partial charge in [-0.25, -0.2) is 0 Å². The van der Waals surface area contributed by atoms with Gasteiger partial charge in [0.15, 0.2) is 0 Å². The van der Waals surface area contributed by atoms with E-state index in [1.54, 1.807) is 7.11 Å². The highest BCUT2D eigenvalue weighted by molar-refractivity contribution is 4.74. The van der Waals surface area contributed by atoms with Crippen molar-refractivity contribution in [2.24, 2.45) is 11.8 Å². The summed E-state index contributed by atoms with van der Waals surface area (Å²) in [5, 5.41) is 0. The second-order valence-corrected chi connectivity index (χ2v) is 4.32. The summed E-state index contributed by atoms with van der Waals surface area (Å²) in [5.41, 5.74) is 2.84. The second kappa shape index (κ2) is 8.05. The maximum atomic E-state index is 5.50. The standard InChI is InChI=1S/C11H24N2O2/c1-14-6-7-15-9-11(13-12)8-10-4-2-3-5-10/h10-11,13H,2-9,12H2,1H3. The van der Waals surface area contributed by atoms with Crippen molar-refractivity contribution in [3.8, 4) is 0 Å². The molecule has 0 spiro atoms. The molecule has 0 aromatic rings. The predicted molar refractivity (Wildman–Crippen MR) is 60.4 cm³/mol. The summed E-state index contributed by atoms with van der Waals surface area (Å²) < 4.78 is 10.4. The van der Waals surface area contributed by atoms with Gasteiger partial charge in [-0.3, -0.25) is 11.3 Å². The molecule has 1 unspecified atom stereocenters. The van der Waals surface area contributed by atoms with Gasteiger partial charge < -0.3 is 9.47 Å². The smallest absolute Gasteiger partial charge is 0.0701 e. The number of hydrogen-bond donors (Lipinski definition) is 2. The molecule has 4 nitrogen and oxygen atoms in total. The molecule has 0 radical (unpaired) electrons. The van der Waals surface area contributed by atoms with Crippen molar-refractivity contribution in [1.29, 1.82) is 0 Å². The van der Waals surface area contributed by atoms with Crippen molar-refractivity contribution in [3.05, 3.63) is 0 Å². The van der Waals surface area contributed by atoms with Crippen LogP contribution in [0.25, 0.3) is 0 Å². The van der Waals surface area contributed by atoms with Gasteiger partial charge in [0.2, 0.25) is 0 Å². The SMILES string of the molecule is COCCOCC(CC1CCCC1)NN. The van der Waals surface area contributed by atoms with E-state index < -0.39 is 0 Å². The molecule has 90 valence electrons. The molecular formula is C11H24N2O2. The molecule has 0 saturated heterocycles. The van der Waals surface area contributed by atoms with Gasteiger partial charge in [0.05, 0.1) is 19.8 Å². The van der Waals surface area contributed by atoms with Crippen molar-refractivity contribution < 1.29 is 9.47 Å². The van der Waals surface area contributed by atoms with E-state index in [4.69, 9.17) is 15.3 Å². The number of rotatable bonds is 8. The molecule has 0 aromatic heterocycles. The third-order valence-electron chi connectivity index (χ3n) is 3.08. The molecule has 15 heavy (non-hydrogen) atoms. The first-order chi connectivity index (χ1) is 7.36. The Hall–Kier alpha value is -0.160. The van der Waals surface area contributed by atoms with Gasteiger partial charge in [0.1, 0.15) is 0 Å². The van der Waals surface area contributed by atoms with E-state index in [9.17, 15) is 0 Å². The lowest BCUT2D eigenvalue weighted by atomic mass is 9.99. The van der Waals surface area contributed by atoms with Crippen LogP contribution in [-0.2, 0) is 9.47 Å². The van der Waals surface area contributed by atoms with Crippen LogP contribution < -0.4 is 11.3 Å². The normalized spacial score (nSPS) is 19.6. The average molecular weight is 216 g/mol. The lowest BCUT2D eigenvalue weighted by molar-refractivity contribution is 0.0550. The van der Waals surface area contributed by atoms with Crippen LogP contribution in [0.15, 0.2) is 0 Å². The highest BCUT2D eigenvalue weighted by Gasteiger charge is 2.19. The second-order valence-electron chi connectivity index (χ2n) is 4.32. The van der Waals surface area contributed by atoms with Crippen LogP contribution in [0, 0.1) is 5.92 Å². The average Bonchev–Trinajstić information content (AvgIpc) is 2.75. The predicted octanol–water partition coefficient (Wildman–Crippen LogP) is 1.06. The van der Waals surface area contributed by atoms with Crippen LogP contribution in [0.2, 0.25) is 0 Å². The zero-order chi connectivity index (χ0) is 10.9. The number of nitrogens with one attached hydrogen (secondary N) is 1. The Morgan fingerprint density at radius 2 is 2.07 bits per heavy atom. The molecule has 1 rings (SSSR count). The van der Waals surface area contributed by atoms with Crippen molar-refractivity contribution >= 4 is 0 Å². The minimum Gasteiger partial charge on any atom is -0.382 e. The fourth-order valence-corrected chi connectivity index (χ4v) is 2.20. The number of nitrogens with two attached hydrogens (primary N) is 1. The Kier molecular flexibility index (Phi) is 6.92. The molecule has 1 saturated carbocycles. The minimum absolute atomic E-state index is 0.296. The lowest BCUT2D eigenvalue weighted by Crippen LogP contribution is -2.40. The van der Waals surface area contributed by atoms with Crippen molar-refractivity contribution in [2.75, 3.05) is 26.9 Å². The summed E-state index contributed by atoms with van der Waals surface area (Å²) in [5.74, 6) is 6.35. The number of hydrazine groups is 1. The third kappa shape index (κ3) is 5.47. The van der Waals surface area contributed by atoms with Crippen LogP contribution in [0.4, 0.5) is 0 Å². The summed E-state index contributed by atoms with van der Waals surface area (Å²) in [6.45, 7) is 2.00. The number of ether oxygens (including phenoxy) is 2. The highest BCUT2D eigenvalue weighted by Crippen LogP contribution is 2.28. The van der Waals surface area contributed by atoms with Gasteiger partial charge in [-0.05, 0) is 12.3 Å². The quantitative estimate of drug-likeness (QED) is 0.362. The van der Waals surface area contributed by atoms with Crippen LogP contribution in [-0.4, -0.2) is 33.0 Å². The molecule has 0 bridgehead atoms. The Bertz CT molecular complexity index is 150. The molecule has 3 N–H and O–H groups in total. The molecule has 1 aliphatic carbocycles. The Morgan fingerprint density at radius 1 is 1.33 bits per heavy atom. The first kappa shape index (κ1) is 12.9. The summed E-state index contributed by atoms with van der Waals surface area (Å²) in [4.78, 5) is 0.